The van der Waals surface area contributed by atoms with Gasteiger partial charge in [-0.2, -0.15) is 16.7 Å². The first-order valence-corrected chi connectivity index (χ1v) is 7.15. The summed E-state index contributed by atoms with van der Waals surface area (Å²) < 4.78 is 5.18. The maximum absolute atomic E-state index is 5.97. The van der Waals surface area contributed by atoms with E-state index in [1.165, 1.54) is 0 Å². The van der Waals surface area contributed by atoms with Crippen LogP contribution in [-0.4, -0.2) is 27.1 Å². The van der Waals surface area contributed by atoms with E-state index < -0.39 is 0 Å². The SMILES string of the molecule is CSCC[C@@H](N)c1nc(Cc2cccnc2)no1. The zero-order valence-electron chi connectivity index (χ0n) is 10.2. The van der Waals surface area contributed by atoms with E-state index in [9.17, 15) is 0 Å². The van der Waals surface area contributed by atoms with Crippen LogP contribution in [0.15, 0.2) is 29.0 Å². The minimum Gasteiger partial charge on any atom is -0.338 e. The molecule has 0 aliphatic carbocycles. The highest BCUT2D eigenvalue weighted by atomic mass is 32.2. The lowest BCUT2D eigenvalue weighted by atomic mass is 10.2. The molecule has 0 radical (unpaired) electrons. The standard InChI is InChI=1S/C12H16N4OS/c1-18-6-4-10(13)12-15-11(16-17-12)7-9-3-2-5-14-8-9/h2-3,5,8,10H,4,6-7,13H2,1H3/t10-/m1/s1. The van der Waals surface area contributed by atoms with Crippen molar-refractivity contribution < 1.29 is 4.52 Å². The average Bonchev–Trinajstić information content (AvgIpc) is 2.86. The van der Waals surface area contributed by atoms with Crippen LogP contribution in [0.25, 0.3) is 0 Å². The predicted octanol–water partition coefficient (Wildman–Crippen LogP) is 1.81. The summed E-state index contributed by atoms with van der Waals surface area (Å²) in [6, 6.07) is 3.70. The number of pyridine rings is 1. The highest BCUT2D eigenvalue weighted by Crippen LogP contribution is 2.15. The van der Waals surface area contributed by atoms with Crippen molar-refractivity contribution in [3.63, 3.8) is 0 Å². The van der Waals surface area contributed by atoms with Crippen molar-refractivity contribution >= 4 is 11.8 Å². The lowest BCUT2D eigenvalue weighted by Gasteiger charge is -2.03. The van der Waals surface area contributed by atoms with E-state index in [-0.39, 0.29) is 6.04 Å². The van der Waals surface area contributed by atoms with Crippen molar-refractivity contribution in [2.75, 3.05) is 12.0 Å². The Balaban J connectivity index is 1.98. The normalized spacial score (nSPS) is 12.6. The van der Waals surface area contributed by atoms with Crippen LogP contribution in [-0.2, 0) is 6.42 Å². The van der Waals surface area contributed by atoms with E-state index in [1.54, 1.807) is 24.2 Å². The summed E-state index contributed by atoms with van der Waals surface area (Å²) in [4.78, 5) is 8.37. The van der Waals surface area contributed by atoms with Gasteiger partial charge in [0.1, 0.15) is 0 Å². The third kappa shape index (κ3) is 3.54. The predicted molar refractivity (Wildman–Crippen MR) is 71.3 cm³/mol. The van der Waals surface area contributed by atoms with Crippen LogP contribution in [0, 0.1) is 0 Å². The number of thioether (sulfide) groups is 1. The lowest BCUT2D eigenvalue weighted by molar-refractivity contribution is 0.349. The maximum atomic E-state index is 5.97. The number of aromatic nitrogens is 3. The molecule has 0 saturated carbocycles. The van der Waals surface area contributed by atoms with Crippen LogP contribution in [0.4, 0.5) is 0 Å². The summed E-state index contributed by atoms with van der Waals surface area (Å²) in [5, 5.41) is 3.94. The van der Waals surface area contributed by atoms with Gasteiger partial charge in [-0.3, -0.25) is 4.98 Å². The molecule has 5 nitrogen and oxygen atoms in total. The summed E-state index contributed by atoms with van der Waals surface area (Å²) >= 11 is 1.76. The van der Waals surface area contributed by atoms with Crippen LogP contribution in [0.5, 0.6) is 0 Å². The molecule has 0 aliphatic rings. The molecule has 2 aromatic heterocycles. The molecule has 0 amide bonds. The smallest absolute Gasteiger partial charge is 0.243 e. The highest BCUT2D eigenvalue weighted by molar-refractivity contribution is 7.98. The molecule has 0 aliphatic heterocycles. The molecule has 96 valence electrons. The Morgan fingerprint density at radius 3 is 3.11 bits per heavy atom. The van der Waals surface area contributed by atoms with Crippen LogP contribution >= 0.6 is 11.8 Å². The van der Waals surface area contributed by atoms with E-state index in [1.807, 2.05) is 18.4 Å². The van der Waals surface area contributed by atoms with Crippen LogP contribution < -0.4 is 5.73 Å². The van der Waals surface area contributed by atoms with Gasteiger partial charge in [0.2, 0.25) is 5.89 Å². The van der Waals surface area contributed by atoms with Gasteiger partial charge in [0.15, 0.2) is 5.82 Å². The molecular formula is C12H16N4OS. The second kappa shape index (κ2) is 6.51. The molecule has 18 heavy (non-hydrogen) atoms. The molecule has 0 unspecified atom stereocenters. The topological polar surface area (TPSA) is 77.8 Å². The minimum atomic E-state index is -0.174. The third-order valence-corrected chi connectivity index (χ3v) is 3.16. The number of rotatable bonds is 6. The van der Waals surface area contributed by atoms with Crippen molar-refractivity contribution in [2.45, 2.75) is 18.9 Å². The second-order valence-electron chi connectivity index (χ2n) is 3.97. The van der Waals surface area contributed by atoms with Crippen LogP contribution in [0.3, 0.4) is 0 Å². The van der Waals surface area contributed by atoms with Crippen molar-refractivity contribution in [3.8, 4) is 0 Å². The fraction of sp³-hybridized carbons (Fsp3) is 0.417. The Bertz CT molecular complexity index is 474. The van der Waals surface area contributed by atoms with Gasteiger partial charge in [-0.1, -0.05) is 11.2 Å². The lowest BCUT2D eigenvalue weighted by Crippen LogP contribution is -2.11. The van der Waals surface area contributed by atoms with E-state index >= 15 is 0 Å². The van der Waals surface area contributed by atoms with Crippen molar-refractivity contribution in [1.82, 2.24) is 15.1 Å². The second-order valence-corrected chi connectivity index (χ2v) is 4.96. The summed E-state index contributed by atoms with van der Waals surface area (Å²) in [6.45, 7) is 0. The van der Waals surface area contributed by atoms with Gasteiger partial charge in [0.25, 0.3) is 0 Å². The molecule has 2 N–H and O–H groups in total. The van der Waals surface area contributed by atoms with Gasteiger partial charge in [0.05, 0.1) is 6.04 Å². The summed E-state index contributed by atoms with van der Waals surface area (Å²) in [5.41, 5.74) is 7.02. The molecule has 2 aromatic rings. The summed E-state index contributed by atoms with van der Waals surface area (Å²) in [6.07, 6.45) is 7.05. The Morgan fingerprint density at radius 2 is 2.39 bits per heavy atom. The third-order valence-electron chi connectivity index (χ3n) is 2.52. The zero-order chi connectivity index (χ0) is 12.8. The summed E-state index contributed by atoms with van der Waals surface area (Å²) in [7, 11) is 0. The molecule has 0 saturated heterocycles. The molecule has 1 atom stereocenters. The molecule has 2 rings (SSSR count). The maximum Gasteiger partial charge on any atom is 0.243 e. The summed E-state index contributed by atoms with van der Waals surface area (Å²) in [5.74, 6) is 2.15. The first-order valence-electron chi connectivity index (χ1n) is 5.75. The van der Waals surface area contributed by atoms with Crippen LogP contribution in [0.1, 0.15) is 29.7 Å². The number of hydrogen-bond donors (Lipinski definition) is 1. The van der Waals surface area contributed by atoms with E-state index in [0.29, 0.717) is 18.1 Å². The molecule has 0 bridgehead atoms. The fourth-order valence-electron chi connectivity index (χ4n) is 1.54. The van der Waals surface area contributed by atoms with E-state index in [4.69, 9.17) is 10.3 Å². The van der Waals surface area contributed by atoms with Gasteiger partial charge in [-0.25, -0.2) is 0 Å². The molecular weight excluding hydrogens is 248 g/mol. The quantitative estimate of drug-likeness (QED) is 0.857. The van der Waals surface area contributed by atoms with Crippen molar-refractivity contribution in [2.24, 2.45) is 5.73 Å². The van der Waals surface area contributed by atoms with Crippen molar-refractivity contribution in [3.05, 3.63) is 41.8 Å². The Labute approximate surface area is 110 Å². The zero-order valence-corrected chi connectivity index (χ0v) is 11.1. The Hall–Kier alpha value is -1.40. The Morgan fingerprint density at radius 1 is 1.50 bits per heavy atom. The van der Waals surface area contributed by atoms with Crippen molar-refractivity contribution in [1.29, 1.82) is 0 Å². The largest absolute Gasteiger partial charge is 0.338 e. The van der Waals surface area contributed by atoms with Gasteiger partial charge in [0, 0.05) is 18.8 Å². The van der Waals surface area contributed by atoms with Gasteiger partial charge in [-0.05, 0) is 30.1 Å². The van der Waals surface area contributed by atoms with Crippen LogP contribution in [0.2, 0.25) is 0 Å². The number of nitrogens with zero attached hydrogens (tertiary/aromatic N) is 3. The number of hydrogen-bond acceptors (Lipinski definition) is 6. The molecule has 2 heterocycles. The fourth-order valence-corrected chi connectivity index (χ4v) is 2.03. The Kier molecular flexibility index (Phi) is 4.72. The monoisotopic (exact) mass is 264 g/mol. The molecule has 0 fully saturated rings. The molecule has 0 spiro atoms. The molecule has 0 aromatic carbocycles. The van der Waals surface area contributed by atoms with Gasteiger partial charge < -0.3 is 10.3 Å². The average molecular weight is 264 g/mol. The van der Waals surface area contributed by atoms with Gasteiger partial charge >= 0.3 is 0 Å². The van der Waals surface area contributed by atoms with Gasteiger partial charge in [-0.15, -0.1) is 0 Å². The number of nitrogens with two attached hydrogens (primary N) is 1. The first kappa shape index (κ1) is 13.0. The van der Waals surface area contributed by atoms with E-state index in [2.05, 4.69) is 15.1 Å². The first-order chi connectivity index (χ1) is 8.79. The molecule has 6 heteroatoms. The highest BCUT2D eigenvalue weighted by Gasteiger charge is 2.14. The van der Waals surface area contributed by atoms with E-state index in [0.717, 1.165) is 17.7 Å². The minimum absolute atomic E-state index is 0.174.